The zero-order valence-corrected chi connectivity index (χ0v) is 11.7. The Morgan fingerprint density at radius 2 is 2.16 bits per heavy atom. The predicted octanol–water partition coefficient (Wildman–Crippen LogP) is 2.40. The third-order valence-corrected chi connectivity index (χ3v) is 3.10. The van der Waals surface area contributed by atoms with E-state index in [1.165, 1.54) is 18.5 Å². The number of carbonyl (C=O) groups is 1. The highest BCUT2D eigenvalue weighted by Crippen LogP contribution is 2.27. The number of H-pyrrole nitrogens is 1. The number of hydrogen-bond acceptors (Lipinski definition) is 3. The second kappa shape index (κ2) is 5.71. The van der Waals surface area contributed by atoms with Crippen LogP contribution >= 0.6 is 15.9 Å². The molecule has 0 aliphatic heterocycles. The number of nitrogens with one attached hydrogen (secondary N) is 2. The third kappa shape index (κ3) is 3.03. The number of aromatic amines is 1. The molecule has 0 spiro atoms. The molecule has 2 N–H and O–H groups in total. The molecular formula is C13H11BrN2O3. The summed E-state index contributed by atoms with van der Waals surface area (Å²) in [5, 5.41) is 2.65. The van der Waals surface area contributed by atoms with E-state index in [9.17, 15) is 9.59 Å². The lowest BCUT2D eigenvalue weighted by Crippen LogP contribution is -2.20. The van der Waals surface area contributed by atoms with Crippen LogP contribution in [-0.4, -0.2) is 18.0 Å². The van der Waals surface area contributed by atoms with E-state index >= 15 is 0 Å². The van der Waals surface area contributed by atoms with Gasteiger partial charge in [0, 0.05) is 24.1 Å². The molecule has 1 heterocycles. The van der Waals surface area contributed by atoms with Gasteiger partial charge in [0.05, 0.1) is 11.6 Å². The van der Waals surface area contributed by atoms with Crippen molar-refractivity contribution in [1.82, 2.24) is 4.98 Å². The van der Waals surface area contributed by atoms with Crippen LogP contribution in [0.3, 0.4) is 0 Å². The zero-order chi connectivity index (χ0) is 13.8. The van der Waals surface area contributed by atoms with Crippen LogP contribution in [-0.2, 0) is 0 Å². The molecule has 1 aromatic carbocycles. The van der Waals surface area contributed by atoms with E-state index in [2.05, 4.69) is 26.2 Å². The molecule has 19 heavy (non-hydrogen) atoms. The van der Waals surface area contributed by atoms with Crippen molar-refractivity contribution in [1.29, 1.82) is 0 Å². The number of benzene rings is 1. The van der Waals surface area contributed by atoms with Gasteiger partial charge >= 0.3 is 0 Å². The van der Waals surface area contributed by atoms with Crippen LogP contribution in [0.15, 0.2) is 45.9 Å². The van der Waals surface area contributed by atoms with Crippen molar-refractivity contribution in [3.05, 3.63) is 56.9 Å². The summed E-state index contributed by atoms with van der Waals surface area (Å²) in [5.41, 5.74) is 0.305. The van der Waals surface area contributed by atoms with Gasteiger partial charge in [-0.05, 0) is 34.1 Å². The van der Waals surface area contributed by atoms with Gasteiger partial charge in [0.2, 0.25) is 0 Å². The maximum Gasteiger partial charge on any atom is 0.261 e. The highest BCUT2D eigenvalue weighted by Gasteiger charge is 2.10. The van der Waals surface area contributed by atoms with Crippen LogP contribution < -0.4 is 15.5 Å². The van der Waals surface area contributed by atoms with Crippen molar-refractivity contribution in [3.63, 3.8) is 0 Å². The molecule has 98 valence electrons. The van der Waals surface area contributed by atoms with Crippen LogP contribution in [0.5, 0.6) is 5.75 Å². The summed E-state index contributed by atoms with van der Waals surface area (Å²) in [7, 11) is 1.56. The average Bonchev–Trinajstić information content (AvgIpc) is 2.39. The number of aromatic nitrogens is 1. The third-order valence-electron chi connectivity index (χ3n) is 2.48. The predicted molar refractivity (Wildman–Crippen MR) is 75.7 cm³/mol. The standard InChI is InChI=1S/C13H11BrN2O3/c1-19-12-3-2-8(6-10(12)14)16-13(18)9-7-15-5-4-11(9)17/h2-7H,1H3,(H,15,17)(H,16,18). The molecule has 0 atom stereocenters. The number of hydrogen-bond donors (Lipinski definition) is 2. The highest BCUT2D eigenvalue weighted by molar-refractivity contribution is 9.10. The molecule has 0 bridgehead atoms. The lowest BCUT2D eigenvalue weighted by molar-refractivity contribution is 0.102. The maximum absolute atomic E-state index is 11.9. The van der Waals surface area contributed by atoms with Gasteiger partial charge in [-0.25, -0.2) is 0 Å². The molecule has 0 aliphatic carbocycles. The van der Waals surface area contributed by atoms with Crippen molar-refractivity contribution < 1.29 is 9.53 Å². The van der Waals surface area contributed by atoms with E-state index in [0.29, 0.717) is 11.4 Å². The van der Waals surface area contributed by atoms with Crippen molar-refractivity contribution in [2.75, 3.05) is 12.4 Å². The molecule has 5 nitrogen and oxygen atoms in total. The van der Waals surface area contributed by atoms with Crippen LogP contribution in [0.2, 0.25) is 0 Å². The summed E-state index contributed by atoms with van der Waals surface area (Å²) in [6.07, 6.45) is 2.85. The minimum absolute atomic E-state index is 0.0643. The van der Waals surface area contributed by atoms with Crippen LogP contribution in [0.25, 0.3) is 0 Å². The Labute approximate surface area is 117 Å². The van der Waals surface area contributed by atoms with Crippen LogP contribution in [0.1, 0.15) is 10.4 Å². The normalized spacial score (nSPS) is 10.0. The van der Waals surface area contributed by atoms with E-state index in [1.54, 1.807) is 25.3 Å². The largest absolute Gasteiger partial charge is 0.496 e. The van der Waals surface area contributed by atoms with Gasteiger partial charge in [0.1, 0.15) is 11.3 Å². The quantitative estimate of drug-likeness (QED) is 0.911. The number of carbonyl (C=O) groups excluding carboxylic acids is 1. The number of ether oxygens (including phenoxy) is 1. The summed E-state index contributed by atoms with van der Waals surface area (Å²) in [6, 6.07) is 6.42. The van der Waals surface area contributed by atoms with Gasteiger partial charge in [-0.3, -0.25) is 9.59 Å². The van der Waals surface area contributed by atoms with Crippen molar-refractivity contribution in [2.45, 2.75) is 0 Å². The minimum atomic E-state index is -0.459. The Kier molecular flexibility index (Phi) is 4.01. The summed E-state index contributed by atoms with van der Waals surface area (Å²) in [5.74, 6) is 0.203. The van der Waals surface area contributed by atoms with E-state index in [0.717, 1.165) is 4.47 Å². The molecule has 0 saturated carbocycles. The summed E-state index contributed by atoms with van der Waals surface area (Å²) in [4.78, 5) is 26.1. The van der Waals surface area contributed by atoms with Gasteiger partial charge in [-0.2, -0.15) is 0 Å². The first-order valence-corrected chi connectivity index (χ1v) is 6.23. The smallest absolute Gasteiger partial charge is 0.261 e. The molecule has 0 radical (unpaired) electrons. The number of halogens is 1. The molecule has 0 saturated heterocycles. The van der Waals surface area contributed by atoms with Crippen molar-refractivity contribution in [3.8, 4) is 5.75 Å². The van der Waals surface area contributed by atoms with Crippen molar-refractivity contribution in [2.24, 2.45) is 0 Å². The van der Waals surface area contributed by atoms with Gasteiger partial charge in [-0.15, -0.1) is 0 Å². The van der Waals surface area contributed by atoms with Crippen molar-refractivity contribution >= 4 is 27.5 Å². The Hall–Kier alpha value is -2.08. The van der Waals surface area contributed by atoms with E-state index in [-0.39, 0.29) is 11.0 Å². The second-order valence-corrected chi connectivity index (χ2v) is 4.58. The highest BCUT2D eigenvalue weighted by atomic mass is 79.9. The molecule has 1 amide bonds. The van der Waals surface area contributed by atoms with Gasteiger partial charge < -0.3 is 15.0 Å². The van der Waals surface area contributed by atoms with E-state index in [4.69, 9.17) is 4.74 Å². The second-order valence-electron chi connectivity index (χ2n) is 3.73. The maximum atomic E-state index is 11.9. The van der Waals surface area contributed by atoms with E-state index in [1.807, 2.05) is 0 Å². The fourth-order valence-corrected chi connectivity index (χ4v) is 2.08. The Balaban J connectivity index is 2.22. The van der Waals surface area contributed by atoms with E-state index < -0.39 is 5.91 Å². The summed E-state index contributed by atoms with van der Waals surface area (Å²) >= 11 is 3.32. The number of rotatable bonds is 3. The van der Waals surface area contributed by atoms with Gasteiger partial charge in [0.25, 0.3) is 5.91 Å². The number of anilines is 1. The Morgan fingerprint density at radius 1 is 1.37 bits per heavy atom. The summed E-state index contributed by atoms with van der Waals surface area (Å²) in [6.45, 7) is 0. The molecule has 0 unspecified atom stereocenters. The molecule has 1 aromatic heterocycles. The molecule has 2 rings (SSSR count). The summed E-state index contributed by atoms with van der Waals surface area (Å²) < 4.78 is 5.81. The fraction of sp³-hybridized carbons (Fsp3) is 0.0769. The van der Waals surface area contributed by atoms with Crippen LogP contribution in [0, 0.1) is 0 Å². The number of pyridine rings is 1. The Morgan fingerprint density at radius 3 is 2.79 bits per heavy atom. The number of methoxy groups -OCH3 is 1. The topological polar surface area (TPSA) is 71.2 Å². The lowest BCUT2D eigenvalue weighted by atomic mass is 10.2. The lowest BCUT2D eigenvalue weighted by Gasteiger charge is -2.07. The average molecular weight is 323 g/mol. The molecule has 2 aromatic rings. The molecule has 0 aliphatic rings. The first-order valence-electron chi connectivity index (χ1n) is 5.44. The fourth-order valence-electron chi connectivity index (χ4n) is 1.54. The first-order chi connectivity index (χ1) is 9.11. The van der Waals surface area contributed by atoms with Gasteiger partial charge in [-0.1, -0.05) is 0 Å². The Bertz CT molecular complexity index is 667. The minimum Gasteiger partial charge on any atom is -0.496 e. The number of amides is 1. The first kappa shape index (κ1) is 13.4. The van der Waals surface area contributed by atoms with Gasteiger partial charge in [0.15, 0.2) is 5.43 Å². The molecular weight excluding hydrogens is 312 g/mol. The molecule has 0 fully saturated rings. The van der Waals surface area contributed by atoms with Crippen LogP contribution in [0.4, 0.5) is 5.69 Å². The molecule has 6 heteroatoms. The SMILES string of the molecule is COc1ccc(NC(=O)c2c[nH]ccc2=O)cc1Br. The monoisotopic (exact) mass is 322 g/mol. The zero-order valence-electron chi connectivity index (χ0n) is 10.1.